The second kappa shape index (κ2) is 5.60. The van der Waals surface area contributed by atoms with Gasteiger partial charge in [-0.05, 0) is 25.0 Å². The van der Waals surface area contributed by atoms with Crippen molar-refractivity contribution in [2.75, 3.05) is 26.8 Å². The van der Waals surface area contributed by atoms with Crippen molar-refractivity contribution >= 4 is 0 Å². The van der Waals surface area contributed by atoms with E-state index in [0.29, 0.717) is 25.3 Å². The smallest absolute Gasteiger partial charge is 0.127 e. The Morgan fingerprint density at radius 3 is 3.10 bits per heavy atom. The van der Waals surface area contributed by atoms with Crippen molar-refractivity contribution < 1.29 is 14.6 Å². The molecule has 0 spiro atoms. The molecule has 20 heavy (non-hydrogen) atoms. The summed E-state index contributed by atoms with van der Waals surface area (Å²) in [5.74, 6) is 1.04. The van der Waals surface area contributed by atoms with Gasteiger partial charge in [-0.1, -0.05) is 0 Å². The molecule has 0 bridgehead atoms. The van der Waals surface area contributed by atoms with Crippen molar-refractivity contribution in [1.82, 2.24) is 4.90 Å². The van der Waals surface area contributed by atoms with Gasteiger partial charge in [0.05, 0.1) is 12.1 Å². The molecule has 3 unspecified atom stereocenters. The lowest BCUT2D eigenvalue weighted by Crippen LogP contribution is -2.50. The molecule has 2 aliphatic rings. The molecule has 3 atom stereocenters. The average Bonchev–Trinajstić information content (AvgIpc) is 2.89. The number of methoxy groups -OCH3 is 1. The highest BCUT2D eigenvalue weighted by molar-refractivity contribution is 5.44. The SMILES string of the molecule is COC1CCN(C2COc3cc(O)ccc32)C(CN)C1. The second-order valence-electron chi connectivity index (χ2n) is 5.56. The normalized spacial score (nSPS) is 30.0. The maximum absolute atomic E-state index is 9.53. The van der Waals surface area contributed by atoms with Gasteiger partial charge in [0.1, 0.15) is 18.1 Å². The van der Waals surface area contributed by atoms with Gasteiger partial charge in [-0.25, -0.2) is 0 Å². The summed E-state index contributed by atoms with van der Waals surface area (Å²) >= 11 is 0. The Balaban J connectivity index is 1.80. The van der Waals surface area contributed by atoms with Crippen LogP contribution in [-0.4, -0.2) is 49.0 Å². The summed E-state index contributed by atoms with van der Waals surface area (Å²) in [4.78, 5) is 2.43. The molecular formula is C15H22N2O3. The quantitative estimate of drug-likeness (QED) is 0.871. The number of phenols is 1. The molecule has 3 N–H and O–H groups in total. The summed E-state index contributed by atoms with van der Waals surface area (Å²) in [6, 6.07) is 5.92. The van der Waals surface area contributed by atoms with E-state index >= 15 is 0 Å². The van der Waals surface area contributed by atoms with Crippen LogP contribution in [0.3, 0.4) is 0 Å². The molecule has 2 heterocycles. The molecule has 1 aromatic rings. The lowest BCUT2D eigenvalue weighted by molar-refractivity contribution is -0.00797. The van der Waals surface area contributed by atoms with Crippen LogP contribution in [0.1, 0.15) is 24.4 Å². The lowest BCUT2D eigenvalue weighted by atomic mass is 9.95. The predicted molar refractivity (Wildman–Crippen MR) is 75.9 cm³/mol. The summed E-state index contributed by atoms with van der Waals surface area (Å²) in [5.41, 5.74) is 7.09. The third-order valence-electron chi connectivity index (χ3n) is 4.47. The van der Waals surface area contributed by atoms with Crippen LogP contribution in [0.2, 0.25) is 0 Å². The maximum atomic E-state index is 9.53. The van der Waals surface area contributed by atoms with E-state index in [2.05, 4.69) is 4.90 Å². The lowest BCUT2D eigenvalue weighted by Gasteiger charge is -2.41. The van der Waals surface area contributed by atoms with Gasteiger partial charge in [0.2, 0.25) is 0 Å². The number of aromatic hydroxyl groups is 1. The molecule has 0 aliphatic carbocycles. The van der Waals surface area contributed by atoms with E-state index in [9.17, 15) is 5.11 Å². The van der Waals surface area contributed by atoms with Gasteiger partial charge in [-0.15, -0.1) is 0 Å². The second-order valence-corrected chi connectivity index (χ2v) is 5.56. The number of piperidine rings is 1. The number of nitrogens with two attached hydrogens (primary N) is 1. The topological polar surface area (TPSA) is 68.0 Å². The Kier molecular flexibility index (Phi) is 3.83. The van der Waals surface area contributed by atoms with E-state index in [1.54, 1.807) is 19.2 Å². The third-order valence-corrected chi connectivity index (χ3v) is 4.47. The number of benzene rings is 1. The largest absolute Gasteiger partial charge is 0.508 e. The van der Waals surface area contributed by atoms with Gasteiger partial charge in [-0.2, -0.15) is 0 Å². The maximum Gasteiger partial charge on any atom is 0.127 e. The standard InChI is InChI=1S/C15H22N2O3/c1-19-12-4-5-17(10(6-12)8-16)14-9-20-15-7-11(18)2-3-13(14)15/h2-3,7,10,12,14,18H,4-6,8-9,16H2,1H3. The molecule has 1 fully saturated rings. The molecule has 0 saturated carbocycles. The van der Waals surface area contributed by atoms with Crippen LogP contribution in [0.4, 0.5) is 0 Å². The van der Waals surface area contributed by atoms with Crippen LogP contribution in [0.15, 0.2) is 18.2 Å². The number of rotatable bonds is 3. The molecule has 5 nitrogen and oxygen atoms in total. The Morgan fingerprint density at radius 1 is 1.50 bits per heavy atom. The molecule has 3 rings (SSSR count). The average molecular weight is 278 g/mol. The van der Waals surface area contributed by atoms with Gasteiger partial charge in [0.25, 0.3) is 0 Å². The van der Waals surface area contributed by atoms with Crippen LogP contribution in [-0.2, 0) is 4.74 Å². The number of hydrogen-bond donors (Lipinski definition) is 2. The zero-order valence-corrected chi connectivity index (χ0v) is 11.8. The zero-order chi connectivity index (χ0) is 14.1. The van der Waals surface area contributed by atoms with Crippen molar-refractivity contribution in [3.8, 4) is 11.5 Å². The monoisotopic (exact) mass is 278 g/mol. The number of fused-ring (bicyclic) bond motifs is 1. The highest BCUT2D eigenvalue weighted by Crippen LogP contribution is 2.40. The van der Waals surface area contributed by atoms with Crippen LogP contribution < -0.4 is 10.5 Å². The number of likely N-dealkylation sites (tertiary alicyclic amines) is 1. The highest BCUT2D eigenvalue weighted by atomic mass is 16.5. The first-order valence-electron chi connectivity index (χ1n) is 7.17. The Morgan fingerprint density at radius 2 is 2.35 bits per heavy atom. The fraction of sp³-hybridized carbons (Fsp3) is 0.600. The molecule has 2 aliphatic heterocycles. The summed E-state index contributed by atoms with van der Waals surface area (Å²) in [6.07, 6.45) is 2.30. The molecule has 1 aromatic carbocycles. The molecule has 0 aromatic heterocycles. The summed E-state index contributed by atoms with van der Waals surface area (Å²) in [6.45, 7) is 2.23. The first-order chi connectivity index (χ1) is 9.72. The van der Waals surface area contributed by atoms with Crippen LogP contribution in [0, 0.1) is 0 Å². The molecular weight excluding hydrogens is 256 g/mol. The minimum atomic E-state index is 0.233. The first kappa shape index (κ1) is 13.7. The fourth-order valence-electron chi connectivity index (χ4n) is 3.34. The zero-order valence-electron chi connectivity index (χ0n) is 11.8. The van der Waals surface area contributed by atoms with E-state index in [-0.39, 0.29) is 11.8 Å². The van der Waals surface area contributed by atoms with Crippen molar-refractivity contribution in [3.05, 3.63) is 23.8 Å². The number of ether oxygens (including phenoxy) is 2. The van der Waals surface area contributed by atoms with Gasteiger partial charge in [0.15, 0.2) is 0 Å². The molecule has 0 radical (unpaired) electrons. The van der Waals surface area contributed by atoms with Crippen molar-refractivity contribution in [2.24, 2.45) is 5.73 Å². The van der Waals surface area contributed by atoms with Crippen LogP contribution >= 0.6 is 0 Å². The van der Waals surface area contributed by atoms with E-state index in [1.807, 2.05) is 6.07 Å². The molecule has 0 amide bonds. The minimum Gasteiger partial charge on any atom is -0.508 e. The van der Waals surface area contributed by atoms with Crippen molar-refractivity contribution in [1.29, 1.82) is 0 Å². The molecule has 1 saturated heterocycles. The Hall–Kier alpha value is -1.30. The molecule has 5 heteroatoms. The van der Waals surface area contributed by atoms with Crippen LogP contribution in [0.5, 0.6) is 11.5 Å². The van der Waals surface area contributed by atoms with E-state index in [1.165, 1.54) is 0 Å². The van der Waals surface area contributed by atoms with E-state index in [4.69, 9.17) is 15.2 Å². The number of hydrogen-bond acceptors (Lipinski definition) is 5. The summed E-state index contributed by atoms with van der Waals surface area (Å²) in [5, 5.41) is 9.53. The van der Waals surface area contributed by atoms with Gasteiger partial charge < -0.3 is 20.3 Å². The van der Waals surface area contributed by atoms with Crippen molar-refractivity contribution in [2.45, 2.75) is 31.0 Å². The molecule has 110 valence electrons. The van der Waals surface area contributed by atoms with E-state index < -0.39 is 0 Å². The summed E-state index contributed by atoms with van der Waals surface area (Å²) < 4.78 is 11.2. The van der Waals surface area contributed by atoms with Gasteiger partial charge in [-0.3, -0.25) is 4.90 Å². The predicted octanol–water partition coefficient (Wildman–Crippen LogP) is 1.26. The van der Waals surface area contributed by atoms with E-state index in [0.717, 1.165) is 30.7 Å². The highest BCUT2D eigenvalue weighted by Gasteiger charge is 2.37. The third kappa shape index (κ3) is 2.37. The van der Waals surface area contributed by atoms with Gasteiger partial charge >= 0.3 is 0 Å². The fourth-order valence-corrected chi connectivity index (χ4v) is 3.34. The van der Waals surface area contributed by atoms with Gasteiger partial charge in [0, 0.05) is 37.9 Å². The Bertz CT molecular complexity index is 480. The Labute approximate surface area is 119 Å². The minimum absolute atomic E-state index is 0.233. The van der Waals surface area contributed by atoms with Crippen LogP contribution in [0.25, 0.3) is 0 Å². The summed E-state index contributed by atoms with van der Waals surface area (Å²) in [7, 11) is 1.77. The number of nitrogens with zero attached hydrogens (tertiary/aromatic N) is 1. The number of phenolic OH excluding ortho intramolecular Hbond substituents is 1. The first-order valence-corrected chi connectivity index (χ1v) is 7.17. The van der Waals surface area contributed by atoms with Crippen molar-refractivity contribution in [3.63, 3.8) is 0 Å².